The number of nitrogens with two attached hydrogens (primary N) is 1. The molecular weight excluding hydrogens is 336 g/mol. The summed E-state index contributed by atoms with van der Waals surface area (Å²) >= 11 is 0. The lowest BCUT2D eigenvalue weighted by molar-refractivity contribution is -0.117. The van der Waals surface area contributed by atoms with E-state index in [1.165, 1.54) is 0 Å². The SMILES string of the molecule is CC(C)(C)CC(=O)Nc1c(N)cc(OCc2ccccc2)c2ccccc12. The zero-order valence-electron chi connectivity index (χ0n) is 16.1. The summed E-state index contributed by atoms with van der Waals surface area (Å²) in [6, 6.07) is 19.6. The van der Waals surface area contributed by atoms with E-state index < -0.39 is 0 Å². The Kier molecular flexibility index (Phi) is 5.36. The highest BCUT2D eigenvalue weighted by atomic mass is 16.5. The molecule has 0 aliphatic rings. The molecule has 4 heteroatoms. The molecule has 0 radical (unpaired) electrons. The van der Waals surface area contributed by atoms with Crippen molar-refractivity contribution >= 4 is 28.1 Å². The number of hydrogen-bond donors (Lipinski definition) is 2. The number of fused-ring (bicyclic) bond motifs is 1. The molecule has 3 aromatic carbocycles. The van der Waals surface area contributed by atoms with E-state index >= 15 is 0 Å². The minimum absolute atomic E-state index is 0.0442. The van der Waals surface area contributed by atoms with Crippen molar-refractivity contribution < 1.29 is 9.53 Å². The number of ether oxygens (including phenoxy) is 1. The molecule has 0 bridgehead atoms. The lowest BCUT2D eigenvalue weighted by Crippen LogP contribution is -2.20. The van der Waals surface area contributed by atoms with Crippen molar-refractivity contribution in [2.24, 2.45) is 5.41 Å². The summed E-state index contributed by atoms with van der Waals surface area (Å²) in [6.45, 7) is 6.57. The lowest BCUT2D eigenvalue weighted by Gasteiger charge is -2.19. The predicted octanol–water partition coefficient (Wildman–Crippen LogP) is 5.38. The Bertz CT molecular complexity index is 944. The molecule has 140 valence electrons. The summed E-state index contributed by atoms with van der Waals surface area (Å²) in [6.07, 6.45) is 0.424. The summed E-state index contributed by atoms with van der Waals surface area (Å²) in [4.78, 5) is 12.4. The number of nitrogens with one attached hydrogen (secondary N) is 1. The molecule has 0 unspecified atom stereocenters. The van der Waals surface area contributed by atoms with Crippen LogP contribution in [0.15, 0.2) is 60.7 Å². The first-order valence-corrected chi connectivity index (χ1v) is 9.11. The summed E-state index contributed by atoms with van der Waals surface area (Å²) in [5, 5.41) is 4.79. The van der Waals surface area contributed by atoms with E-state index in [1.54, 1.807) is 6.07 Å². The number of benzene rings is 3. The second-order valence-corrected chi connectivity index (χ2v) is 7.94. The molecule has 0 saturated carbocycles. The number of amides is 1. The maximum Gasteiger partial charge on any atom is 0.224 e. The van der Waals surface area contributed by atoms with E-state index in [4.69, 9.17) is 10.5 Å². The Hall–Kier alpha value is -3.01. The molecule has 3 N–H and O–H groups in total. The number of carbonyl (C=O) groups is 1. The molecule has 0 aromatic heterocycles. The Labute approximate surface area is 160 Å². The normalized spacial score (nSPS) is 11.4. The van der Waals surface area contributed by atoms with Gasteiger partial charge in [-0.05, 0) is 11.0 Å². The Morgan fingerprint density at radius 2 is 1.63 bits per heavy atom. The average molecular weight is 362 g/mol. The number of rotatable bonds is 5. The van der Waals surface area contributed by atoms with Crippen LogP contribution in [-0.4, -0.2) is 5.91 Å². The molecule has 27 heavy (non-hydrogen) atoms. The van der Waals surface area contributed by atoms with Gasteiger partial charge in [0.05, 0.1) is 11.4 Å². The van der Waals surface area contributed by atoms with Crippen LogP contribution in [0, 0.1) is 5.41 Å². The Morgan fingerprint density at radius 3 is 2.30 bits per heavy atom. The molecule has 1 amide bonds. The third-order valence-corrected chi connectivity index (χ3v) is 4.23. The van der Waals surface area contributed by atoms with Crippen LogP contribution in [0.5, 0.6) is 5.75 Å². The molecule has 0 aliphatic heterocycles. The molecule has 3 rings (SSSR count). The van der Waals surface area contributed by atoms with Crippen LogP contribution < -0.4 is 15.8 Å². The van der Waals surface area contributed by atoms with Gasteiger partial charge in [0.2, 0.25) is 5.91 Å². The third kappa shape index (κ3) is 4.79. The van der Waals surface area contributed by atoms with E-state index in [0.29, 0.717) is 30.2 Å². The second kappa shape index (κ2) is 7.70. The molecule has 3 aromatic rings. The fourth-order valence-electron chi connectivity index (χ4n) is 3.02. The van der Waals surface area contributed by atoms with E-state index in [1.807, 2.05) is 75.4 Å². The zero-order chi connectivity index (χ0) is 19.4. The topological polar surface area (TPSA) is 64.4 Å². The standard InChI is InChI=1S/C23H26N2O2/c1-23(2,3)14-21(26)25-22-18-12-8-7-11-17(18)20(13-19(22)24)27-15-16-9-5-4-6-10-16/h4-13H,14-15,24H2,1-3H3,(H,25,26). The van der Waals surface area contributed by atoms with Crippen LogP contribution in [0.3, 0.4) is 0 Å². The Morgan fingerprint density at radius 1 is 1.00 bits per heavy atom. The van der Waals surface area contributed by atoms with Crippen LogP contribution in [0.25, 0.3) is 10.8 Å². The minimum Gasteiger partial charge on any atom is -0.488 e. The first-order chi connectivity index (χ1) is 12.8. The van der Waals surface area contributed by atoms with Crippen LogP contribution in [0.2, 0.25) is 0 Å². The third-order valence-electron chi connectivity index (χ3n) is 4.23. The number of nitrogen functional groups attached to an aromatic ring is 1. The van der Waals surface area contributed by atoms with Crippen molar-refractivity contribution in [2.45, 2.75) is 33.8 Å². The molecule has 0 spiro atoms. The summed E-state index contributed by atoms with van der Waals surface area (Å²) in [5.41, 5.74) is 8.41. The van der Waals surface area contributed by atoms with Crippen molar-refractivity contribution in [1.29, 1.82) is 0 Å². The predicted molar refractivity (Wildman–Crippen MR) is 112 cm³/mol. The number of anilines is 2. The molecule has 0 saturated heterocycles. The van der Waals surface area contributed by atoms with Gasteiger partial charge >= 0.3 is 0 Å². The van der Waals surface area contributed by atoms with Crippen LogP contribution >= 0.6 is 0 Å². The van der Waals surface area contributed by atoms with Gasteiger partial charge in [-0.3, -0.25) is 4.79 Å². The summed E-state index contributed by atoms with van der Waals surface area (Å²) < 4.78 is 6.03. The van der Waals surface area contributed by atoms with Crippen molar-refractivity contribution in [2.75, 3.05) is 11.1 Å². The van der Waals surface area contributed by atoms with Gasteiger partial charge in [0.1, 0.15) is 12.4 Å². The molecule has 0 heterocycles. The maximum absolute atomic E-state index is 12.4. The summed E-state index contributed by atoms with van der Waals surface area (Å²) in [5.74, 6) is 0.665. The van der Waals surface area contributed by atoms with Gasteiger partial charge in [-0.1, -0.05) is 75.4 Å². The quantitative estimate of drug-likeness (QED) is 0.599. The first kappa shape index (κ1) is 18.8. The Balaban J connectivity index is 1.91. The van der Waals surface area contributed by atoms with Gasteiger partial charge < -0.3 is 15.8 Å². The molecule has 0 atom stereocenters. The highest BCUT2D eigenvalue weighted by molar-refractivity contribution is 6.09. The van der Waals surface area contributed by atoms with Gasteiger partial charge in [0.25, 0.3) is 0 Å². The van der Waals surface area contributed by atoms with Gasteiger partial charge in [-0.2, -0.15) is 0 Å². The fraction of sp³-hybridized carbons (Fsp3) is 0.261. The van der Waals surface area contributed by atoms with Crippen molar-refractivity contribution in [3.63, 3.8) is 0 Å². The van der Waals surface area contributed by atoms with Crippen molar-refractivity contribution in [3.8, 4) is 5.75 Å². The monoisotopic (exact) mass is 362 g/mol. The van der Waals surface area contributed by atoms with Crippen LogP contribution in [0.4, 0.5) is 11.4 Å². The first-order valence-electron chi connectivity index (χ1n) is 9.11. The second-order valence-electron chi connectivity index (χ2n) is 7.94. The van der Waals surface area contributed by atoms with E-state index in [2.05, 4.69) is 5.32 Å². The smallest absolute Gasteiger partial charge is 0.224 e. The molecule has 0 aliphatic carbocycles. The average Bonchev–Trinajstić information content (AvgIpc) is 2.62. The molecular formula is C23H26N2O2. The van der Waals surface area contributed by atoms with Crippen LogP contribution in [-0.2, 0) is 11.4 Å². The van der Waals surface area contributed by atoms with Gasteiger partial charge in [0.15, 0.2) is 0 Å². The van der Waals surface area contributed by atoms with Gasteiger partial charge in [-0.15, -0.1) is 0 Å². The van der Waals surface area contributed by atoms with E-state index in [-0.39, 0.29) is 11.3 Å². The summed E-state index contributed by atoms with van der Waals surface area (Å²) in [7, 11) is 0. The highest BCUT2D eigenvalue weighted by Gasteiger charge is 2.18. The molecule has 0 fully saturated rings. The fourth-order valence-corrected chi connectivity index (χ4v) is 3.02. The number of carbonyl (C=O) groups excluding carboxylic acids is 1. The molecule has 4 nitrogen and oxygen atoms in total. The van der Waals surface area contributed by atoms with Crippen molar-refractivity contribution in [3.05, 3.63) is 66.2 Å². The highest BCUT2D eigenvalue weighted by Crippen LogP contribution is 2.37. The zero-order valence-corrected chi connectivity index (χ0v) is 16.1. The van der Waals surface area contributed by atoms with Crippen molar-refractivity contribution in [1.82, 2.24) is 0 Å². The van der Waals surface area contributed by atoms with Crippen LogP contribution in [0.1, 0.15) is 32.8 Å². The number of hydrogen-bond acceptors (Lipinski definition) is 3. The lowest BCUT2D eigenvalue weighted by atomic mass is 9.92. The maximum atomic E-state index is 12.4. The van der Waals surface area contributed by atoms with E-state index in [0.717, 1.165) is 16.3 Å². The van der Waals surface area contributed by atoms with Gasteiger partial charge in [-0.25, -0.2) is 0 Å². The van der Waals surface area contributed by atoms with Gasteiger partial charge in [0, 0.05) is 23.3 Å². The largest absolute Gasteiger partial charge is 0.488 e. The van der Waals surface area contributed by atoms with E-state index in [9.17, 15) is 4.79 Å². The minimum atomic E-state index is -0.0899.